The lowest BCUT2D eigenvalue weighted by Crippen LogP contribution is -2.17. The first-order chi connectivity index (χ1) is 12.3. The highest BCUT2D eigenvalue weighted by atomic mass is 19.4. The normalized spacial score (nSPS) is 14.4. The number of alkyl halides is 3. The van der Waals surface area contributed by atoms with Crippen molar-refractivity contribution < 1.29 is 27.2 Å². The fourth-order valence-electron chi connectivity index (χ4n) is 2.27. The summed E-state index contributed by atoms with van der Waals surface area (Å²) in [5.74, 6) is -0.761. The van der Waals surface area contributed by atoms with E-state index in [1.165, 1.54) is 18.4 Å². The molecule has 1 heterocycles. The Bertz CT molecular complexity index is 838. The van der Waals surface area contributed by atoms with Gasteiger partial charge in [0, 0.05) is 17.7 Å². The lowest BCUT2D eigenvalue weighted by molar-refractivity contribution is -0.137. The summed E-state index contributed by atoms with van der Waals surface area (Å²) in [7, 11) is 0. The van der Waals surface area contributed by atoms with Crippen LogP contribution in [0.1, 0.15) is 24.2 Å². The number of carbonyl (C=O) groups excluding carboxylic acids is 2. The first-order valence-corrected chi connectivity index (χ1v) is 7.87. The van der Waals surface area contributed by atoms with Gasteiger partial charge in [-0.1, -0.05) is 0 Å². The molecule has 0 aliphatic heterocycles. The molecule has 3 rings (SSSR count). The van der Waals surface area contributed by atoms with Gasteiger partial charge in [0.05, 0.1) is 17.5 Å². The highest BCUT2D eigenvalue weighted by Crippen LogP contribution is 2.37. The number of anilines is 2. The smallest absolute Gasteiger partial charge is 0.418 e. The molecule has 0 unspecified atom stereocenters. The van der Waals surface area contributed by atoms with Crippen LogP contribution in [0.25, 0.3) is 6.08 Å². The Morgan fingerprint density at radius 1 is 1.15 bits per heavy atom. The van der Waals surface area contributed by atoms with Crippen molar-refractivity contribution in [3.8, 4) is 0 Å². The summed E-state index contributed by atoms with van der Waals surface area (Å²) in [4.78, 5) is 23.6. The lowest BCUT2D eigenvalue weighted by atomic mass is 10.1. The third kappa shape index (κ3) is 4.53. The molecule has 1 aliphatic rings. The molecule has 0 saturated heterocycles. The van der Waals surface area contributed by atoms with Crippen molar-refractivity contribution in [2.24, 2.45) is 5.92 Å². The predicted molar refractivity (Wildman–Crippen MR) is 89.2 cm³/mol. The highest BCUT2D eigenvalue weighted by molar-refractivity contribution is 6.02. The molecule has 1 aromatic heterocycles. The molecule has 8 heteroatoms. The molecule has 26 heavy (non-hydrogen) atoms. The van der Waals surface area contributed by atoms with Gasteiger partial charge in [0.1, 0.15) is 5.76 Å². The summed E-state index contributed by atoms with van der Waals surface area (Å²) in [6, 6.07) is 6.47. The average Bonchev–Trinajstić information content (AvgIpc) is 3.30. The van der Waals surface area contributed by atoms with Crippen LogP contribution in [-0.2, 0) is 15.8 Å². The van der Waals surface area contributed by atoms with E-state index in [-0.39, 0.29) is 17.5 Å². The topological polar surface area (TPSA) is 71.3 Å². The van der Waals surface area contributed by atoms with Crippen LogP contribution in [0.15, 0.2) is 47.1 Å². The molecule has 2 aromatic rings. The minimum Gasteiger partial charge on any atom is -0.465 e. The number of hydrogen-bond donors (Lipinski definition) is 2. The second kappa shape index (κ2) is 7.07. The van der Waals surface area contributed by atoms with Gasteiger partial charge in [0.2, 0.25) is 11.8 Å². The van der Waals surface area contributed by atoms with Gasteiger partial charge < -0.3 is 15.1 Å². The van der Waals surface area contributed by atoms with Gasteiger partial charge in [-0.15, -0.1) is 0 Å². The molecule has 1 fully saturated rings. The fourth-order valence-corrected chi connectivity index (χ4v) is 2.27. The van der Waals surface area contributed by atoms with E-state index < -0.39 is 23.3 Å². The third-order valence-electron chi connectivity index (χ3n) is 3.74. The van der Waals surface area contributed by atoms with Crippen LogP contribution >= 0.6 is 0 Å². The van der Waals surface area contributed by atoms with Gasteiger partial charge in [-0.2, -0.15) is 13.2 Å². The molecule has 2 N–H and O–H groups in total. The van der Waals surface area contributed by atoms with Crippen molar-refractivity contribution in [2.75, 3.05) is 10.6 Å². The largest absolute Gasteiger partial charge is 0.465 e. The average molecular weight is 364 g/mol. The molecule has 0 atom stereocenters. The van der Waals surface area contributed by atoms with Crippen molar-refractivity contribution >= 4 is 29.3 Å². The standard InChI is InChI=1S/C18H15F3N2O3/c19-18(20,21)14-10-12(22-17(25)11-3-4-11)5-7-15(14)23-16(24)8-6-13-2-1-9-26-13/h1-2,5-11H,3-4H2,(H,22,25)(H,23,24)/b8-6+. The Labute approximate surface area is 146 Å². The van der Waals surface area contributed by atoms with E-state index in [9.17, 15) is 22.8 Å². The molecule has 0 spiro atoms. The Balaban J connectivity index is 1.76. The van der Waals surface area contributed by atoms with Crippen LogP contribution in [0.5, 0.6) is 0 Å². The molecule has 0 radical (unpaired) electrons. The van der Waals surface area contributed by atoms with E-state index in [0.717, 1.165) is 31.1 Å². The summed E-state index contributed by atoms with van der Waals surface area (Å²) in [6.45, 7) is 0. The summed E-state index contributed by atoms with van der Waals surface area (Å²) >= 11 is 0. The predicted octanol–water partition coefficient (Wildman–Crippen LogP) is 4.30. The van der Waals surface area contributed by atoms with Crippen LogP contribution in [0.2, 0.25) is 0 Å². The number of nitrogens with one attached hydrogen (secondary N) is 2. The first kappa shape index (κ1) is 17.8. The quantitative estimate of drug-likeness (QED) is 0.777. The van der Waals surface area contributed by atoms with Gasteiger partial charge in [-0.25, -0.2) is 0 Å². The van der Waals surface area contributed by atoms with Crippen LogP contribution < -0.4 is 10.6 Å². The van der Waals surface area contributed by atoms with Gasteiger partial charge in [-0.05, 0) is 49.2 Å². The van der Waals surface area contributed by atoms with E-state index in [0.29, 0.717) is 5.76 Å². The number of benzene rings is 1. The van der Waals surface area contributed by atoms with Crippen molar-refractivity contribution in [3.05, 3.63) is 54.0 Å². The number of hydrogen-bond acceptors (Lipinski definition) is 3. The Hall–Kier alpha value is -3.03. The summed E-state index contributed by atoms with van der Waals surface area (Å²) in [6.07, 6.45) is 0.623. The van der Waals surface area contributed by atoms with Crippen molar-refractivity contribution in [1.82, 2.24) is 0 Å². The zero-order chi connectivity index (χ0) is 18.7. The maximum atomic E-state index is 13.3. The number of halogens is 3. The maximum absolute atomic E-state index is 13.3. The van der Waals surface area contributed by atoms with Crippen LogP contribution in [0.4, 0.5) is 24.5 Å². The molecular weight excluding hydrogens is 349 g/mol. The summed E-state index contributed by atoms with van der Waals surface area (Å²) in [5.41, 5.74) is -1.39. The van der Waals surface area contributed by atoms with Crippen LogP contribution in [0, 0.1) is 5.92 Å². The number of carbonyl (C=O) groups is 2. The minimum absolute atomic E-state index is 0.0401. The van der Waals surface area contributed by atoms with Crippen LogP contribution in [-0.4, -0.2) is 11.8 Å². The van der Waals surface area contributed by atoms with E-state index in [1.807, 2.05) is 0 Å². The number of rotatable bonds is 5. The van der Waals surface area contributed by atoms with Gasteiger partial charge in [0.15, 0.2) is 0 Å². The van der Waals surface area contributed by atoms with E-state index in [2.05, 4.69) is 10.6 Å². The lowest BCUT2D eigenvalue weighted by Gasteiger charge is -2.15. The van der Waals surface area contributed by atoms with Crippen LogP contribution in [0.3, 0.4) is 0 Å². The van der Waals surface area contributed by atoms with Crippen molar-refractivity contribution in [3.63, 3.8) is 0 Å². The fraction of sp³-hybridized carbons (Fsp3) is 0.222. The zero-order valence-corrected chi connectivity index (χ0v) is 13.5. The van der Waals surface area contributed by atoms with Gasteiger partial charge >= 0.3 is 6.18 Å². The third-order valence-corrected chi connectivity index (χ3v) is 3.74. The first-order valence-electron chi connectivity index (χ1n) is 7.87. The Morgan fingerprint density at radius 2 is 1.92 bits per heavy atom. The Kier molecular flexibility index (Phi) is 4.83. The van der Waals surface area contributed by atoms with E-state index in [4.69, 9.17) is 4.42 Å². The Morgan fingerprint density at radius 3 is 2.54 bits per heavy atom. The van der Waals surface area contributed by atoms with Crippen molar-refractivity contribution in [2.45, 2.75) is 19.0 Å². The second-order valence-corrected chi connectivity index (χ2v) is 5.86. The minimum atomic E-state index is -4.69. The number of amides is 2. The molecule has 0 bridgehead atoms. The summed E-state index contributed by atoms with van der Waals surface area (Å²) in [5, 5.41) is 4.66. The maximum Gasteiger partial charge on any atom is 0.418 e. The highest BCUT2D eigenvalue weighted by Gasteiger charge is 2.35. The summed E-state index contributed by atoms with van der Waals surface area (Å²) < 4.78 is 44.9. The second-order valence-electron chi connectivity index (χ2n) is 5.86. The van der Waals surface area contributed by atoms with Crippen molar-refractivity contribution in [1.29, 1.82) is 0 Å². The van der Waals surface area contributed by atoms with E-state index >= 15 is 0 Å². The number of furan rings is 1. The molecule has 1 aromatic carbocycles. The zero-order valence-electron chi connectivity index (χ0n) is 13.5. The van der Waals surface area contributed by atoms with E-state index in [1.54, 1.807) is 12.1 Å². The monoisotopic (exact) mass is 364 g/mol. The van der Waals surface area contributed by atoms with Gasteiger partial charge in [-0.3, -0.25) is 9.59 Å². The molecule has 2 amide bonds. The molecular formula is C18H15F3N2O3. The molecule has 1 saturated carbocycles. The molecule has 1 aliphatic carbocycles. The van der Waals surface area contributed by atoms with Gasteiger partial charge in [0.25, 0.3) is 0 Å². The molecule has 5 nitrogen and oxygen atoms in total. The SMILES string of the molecule is O=C(/C=C/c1ccco1)Nc1ccc(NC(=O)C2CC2)cc1C(F)(F)F. The molecule has 136 valence electrons.